The van der Waals surface area contributed by atoms with Gasteiger partial charge in [0.05, 0.1) is 24.3 Å². The molecule has 8 nitrogen and oxygen atoms in total. The SMILES string of the molecule is CCC[C@H]1C(=O)N(S(C)(=O)=O)[C@H]2CCN(C(=O)CCCN3CCN(C)CC3)[C@H]12.Cl.Cl. The predicted octanol–water partition coefficient (Wildman–Crippen LogP) is 1.05. The molecule has 3 atom stereocenters. The van der Waals surface area contributed by atoms with E-state index >= 15 is 0 Å². The van der Waals surface area contributed by atoms with Gasteiger partial charge in [0.15, 0.2) is 0 Å². The molecule has 0 bridgehead atoms. The number of rotatable bonds is 7. The molecule has 2 amide bonds. The number of amides is 2. The Hall–Kier alpha value is -0.610. The lowest BCUT2D eigenvalue weighted by molar-refractivity contribution is -0.134. The third kappa shape index (κ3) is 5.79. The molecule has 30 heavy (non-hydrogen) atoms. The Morgan fingerprint density at radius 3 is 2.30 bits per heavy atom. The van der Waals surface area contributed by atoms with Crippen LogP contribution in [0.15, 0.2) is 0 Å². The Labute approximate surface area is 193 Å². The zero-order valence-electron chi connectivity index (χ0n) is 18.2. The van der Waals surface area contributed by atoms with Crippen molar-refractivity contribution in [2.24, 2.45) is 5.92 Å². The highest BCUT2D eigenvalue weighted by Crippen LogP contribution is 2.40. The number of hydrogen-bond acceptors (Lipinski definition) is 6. The van der Waals surface area contributed by atoms with Crippen LogP contribution in [0.5, 0.6) is 0 Å². The van der Waals surface area contributed by atoms with Crippen LogP contribution in [0.4, 0.5) is 0 Å². The average molecular weight is 487 g/mol. The number of fused-ring (bicyclic) bond motifs is 1. The quantitative estimate of drug-likeness (QED) is 0.534. The summed E-state index contributed by atoms with van der Waals surface area (Å²) in [7, 11) is -1.48. The second-order valence-electron chi connectivity index (χ2n) is 8.47. The van der Waals surface area contributed by atoms with Gasteiger partial charge in [-0.25, -0.2) is 12.7 Å². The lowest BCUT2D eigenvalue weighted by Gasteiger charge is -2.32. The number of halogens is 2. The van der Waals surface area contributed by atoms with Crippen molar-refractivity contribution < 1.29 is 18.0 Å². The van der Waals surface area contributed by atoms with Gasteiger partial charge < -0.3 is 14.7 Å². The smallest absolute Gasteiger partial charge is 0.241 e. The van der Waals surface area contributed by atoms with E-state index < -0.39 is 15.9 Å². The van der Waals surface area contributed by atoms with Gasteiger partial charge >= 0.3 is 0 Å². The molecule has 0 N–H and O–H groups in total. The molecule has 0 spiro atoms. The standard InChI is InChI=1S/C19H34N4O4S.2ClH/c1-4-6-15-18-16(23(19(15)25)28(3,26)27)8-10-22(18)17(24)7-5-9-21-13-11-20(2)12-14-21;;/h15-16,18H,4-14H2,1-3H3;2*1H/t15-,16+,18-;;/m1../s1. The first-order valence-electron chi connectivity index (χ1n) is 10.5. The number of nitrogens with zero attached hydrogens (tertiary/aromatic N) is 4. The second kappa shape index (κ2) is 11.3. The van der Waals surface area contributed by atoms with E-state index in [1.165, 1.54) is 0 Å². The summed E-state index contributed by atoms with van der Waals surface area (Å²) < 4.78 is 25.4. The summed E-state index contributed by atoms with van der Waals surface area (Å²) >= 11 is 0. The summed E-state index contributed by atoms with van der Waals surface area (Å²) in [5.41, 5.74) is 0. The first kappa shape index (κ1) is 27.4. The van der Waals surface area contributed by atoms with Gasteiger partial charge in [0.2, 0.25) is 21.8 Å². The van der Waals surface area contributed by atoms with Crippen LogP contribution < -0.4 is 0 Å². The molecule has 3 fully saturated rings. The maximum atomic E-state index is 12.9. The first-order valence-corrected chi connectivity index (χ1v) is 12.3. The maximum Gasteiger partial charge on any atom is 0.241 e. The zero-order valence-corrected chi connectivity index (χ0v) is 20.6. The number of carbonyl (C=O) groups is 2. The normalized spacial score (nSPS) is 27.6. The third-order valence-electron chi connectivity index (χ3n) is 6.41. The van der Waals surface area contributed by atoms with Gasteiger partial charge in [-0.3, -0.25) is 9.59 Å². The Kier molecular flexibility index (Phi) is 10.3. The molecule has 0 aromatic carbocycles. The molecule has 0 radical (unpaired) electrons. The summed E-state index contributed by atoms with van der Waals surface area (Å²) in [6.07, 6.45) is 4.32. The number of carbonyl (C=O) groups excluding carboxylic acids is 2. The van der Waals surface area contributed by atoms with Gasteiger partial charge in [0.1, 0.15) is 0 Å². The van der Waals surface area contributed by atoms with Crippen molar-refractivity contribution in [3.8, 4) is 0 Å². The molecule has 0 aromatic heterocycles. The number of piperazine rings is 1. The van der Waals surface area contributed by atoms with E-state index in [2.05, 4.69) is 16.8 Å². The Morgan fingerprint density at radius 1 is 1.10 bits per heavy atom. The van der Waals surface area contributed by atoms with Gasteiger partial charge in [0.25, 0.3) is 0 Å². The first-order chi connectivity index (χ1) is 13.2. The van der Waals surface area contributed by atoms with E-state index in [0.717, 1.165) is 56.1 Å². The monoisotopic (exact) mass is 486 g/mol. The minimum absolute atomic E-state index is 0. The number of likely N-dealkylation sites (tertiary alicyclic amines) is 1. The lowest BCUT2D eigenvalue weighted by atomic mass is 9.94. The average Bonchev–Trinajstić information content (AvgIpc) is 3.15. The van der Waals surface area contributed by atoms with Crippen LogP contribution in [-0.4, -0.2) is 104 Å². The second-order valence-corrected chi connectivity index (χ2v) is 10.3. The summed E-state index contributed by atoms with van der Waals surface area (Å²) in [4.78, 5) is 32.2. The van der Waals surface area contributed by atoms with Crippen molar-refractivity contribution in [2.45, 2.75) is 51.1 Å². The fraction of sp³-hybridized carbons (Fsp3) is 0.895. The van der Waals surface area contributed by atoms with Crippen LogP contribution in [0.2, 0.25) is 0 Å². The summed E-state index contributed by atoms with van der Waals surface area (Å²) in [5, 5.41) is 0. The van der Waals surface area contributed by atoms with E-state index in [-0.39, 0.29) is 48.7 Å². The summed E-state index contributed by atoms with van der Waals surface area (Å²) in [5.74, 6) is -0.658. The highest BCUT2D eigenvalue weighted by molar-refractivity contribution is 7.88. The molecule has 3 heterocycles. The van der Waals surface area contributed by atoms with Crippen LogP contribution in [0.1, 0.15) is 39.0 Å². The Balaban J connectivity index is 0.00000225. The highest BCUT2D eigenvalue weighted by Gasteiger charge is 2.56. The lowest BCUT2D eigenvalue weighted by Crippen LogP contribution is -2.45. The fourth-order valence-electron chi connectivity index (χ4n) is 4.99. The van der Waals surface area contributed by atoms with Crippen molar-refractivity contribution in [2.75, 3.05) is 52.6 Å². The molecule has 0 unspecified atom stereocenters. The molecule has 3 aliphatic heterocycles. The van der Waals surface area contributed by atoms with Gasteiger partial charge in [0, 0.05) is 39.1 Å². The van der Waals surface area contributed by atoms with Crippen LogP contribution in [0.3, 0.4) is 0 Å². The zero-order chi connectivity index (χ0) is 20.5. The van der Waals surface area contributed by atoms with Crippen molar-refractivity contribution >= 4 is 46.7 Å². The topological polar surface area (TPSA) is 81.2 Å². The van der Waals surface area contributed by atoms with Gasteiger partial charge in [-0.15, -0.1) is 24.8 Å². The molecule has 0 aliphatic carbocycles. The van der Waals surface area contributed by atoms with E-state index in [9.17, 15) is 18.0 Å². The third-order valence-corrected chi connectivity index (χ3v) is 7.57. The van der Waals surface area contributed by atoms with E-state index in [4.69, 9.17) is 0 Å². The molecule has 0 aromatic rings. The number of sulfonamides is 1. The van der Waals surface area contributed by atoms with E-state index in [1.807, 2.05) is 6.92 Å². The molecule has 3 rings (SSSR count). The van der Waals surface area contributed by atoms with Crippen LogP contribution in [0, 0.1) is 5.92 Å². The molecule has 3 saturated heterocycles. The van der Waals surface area contributed by atoms with Gasteiger partial charge in [-0.05, 0) is 32.9 Å². The summed E-state index contributed by atoms with van der Waals surface area (Å²) in [6.45, 7) is 7.64. The minimum Gasteiger partial charge on any atom is -0.337 e. The highest BCUT2D eigenvalue weighted by atomic mass is 35.5. The molecule has 11 heteroatoms. The minimum atomic E-state index is -3.61. The van der Waals surface area contributed by atoms with Crippen molar-refractivity contribution in [3.05, 3.63) is 0 Å². The number of likely N-dealkylation sites (N-methyl/N-ethyl adjacent to an activating group) is 1. The molecule has 0 saturated carbocycles. The molecular weight excluding hydrogens is 451 g/mol. The van der Waals surface area contributed by atoms with Crippen molar-refractivity contribution in [3.63, 3.8) is 0 Å². The summed E-state index contributed by atoms with van der Waals surface area (Å²) in [6, 6.07) is -0.682. The Bertz CT molecular complexity index is 701. The molecular formula is C19H36Cl2N4O4S. The van der Waals surface area contributed by atoms with Crippen LogP contribution in [0.25, 0.3) is 0 Å². The fourth-order valence-corrected chi connectivity index (χ4v) is 6.17. The van der Waals surface area contributed by atoms with E-state index in [1.54, 1.807) is 4.90 Å². The van der Waals surface area contributed by atoms with E-state index in [0.29, 0.717) is 25.8 Å². The van der Waals surface area contributed by atoms with Crippen molar-refractivity contribution in [1.82, 2.24) is 19.0 Å². The Morgan fingerprint density at radius 2 is 1.73 bits per heavy atom. The largest absolute Gasteiger partial charge is 0.337 e. The molecule has 3 aliphatic rings. The predicted molar refractivity (Wildman–Crippen MR) is 122 cm³/mol. The maximum absolute atomic E-state index is 12.9. The van der Waals surface area contributed by atoms with Gasteiger partial charge in [-0.2, -0.15) is 0 Å². The van der Waals surface area contributed by atoms with Crippen LogP contribution >= 0.6 is 24.8 Å². The molecule has 176 valence electrons. The van der Waals surface area contributed by atoms with Gasteiger partial charge in [-0.1, -0.05) is 13.3 Å². The van der Waals surface area contributed by atoms with Crippen LogP contribution in [-0.2, 0) is 19.6 Å². The number of hydrogen-bond donors (Lipinski definition) is 0. The van der Waals surface area contributed by atoms with Crippen molar-refractivity contribution in [1.29, 1.82) is 0 Å².